The van der Waals surface area contributed by atoms with Gasteiger partial charge in [0.1, 0.15) is 0 Å². The zero-order chi connectivity index (χ0) is 15.5. The van der Waals surface area contributed by atoms with Gasteiger partial charge in [-0.2, -0.15) is 0 Å². The van der Waals surface area contributed by atoms with Crippen LogP contribution >= 0.6 is 0 Å². The Morgan fingerprint density at radius 1 is 1.45 bits per heavy atom. The maximum atomic E-state index is 12.3. The van der Waals surface area contributed by atoms with Crippen molar-refractivity contribution in [1.29, 1.82) is 0 Å². The third-order valence-electron chi connectivity index (χ3n) is 2.94. The predicted octanol–water partition coefficient (Wildman–Crippen LogP) is 1.69. The van der Waals surface area contributed by atoms with Crippen LogP contribution in [0.5, 0.6) is 0 Å². The summed E-state index contributed by atoms with van der Waals surface area (Å²) in [4.78, 5) is 11.0. The van der Waals surface area contributed by atoms with E-state index in [1.54, 1.807) is 20.8 Å². The van der Waals surface area contributed by atoms with Gasteiger partial charge >= 0.3 is 5.97 Å². The second kappa shape index (κ2) is 6.07. The molecule has 0 radical (unpaired) electrons. The van der Waals surface area contributed by atoms with E-state index >= 15 is 0 Å². The first kappa shape index (κ1) is 16.2. The highest BCUT2D eigenvalue weighted by molar-refractivity contribution is 7.89. The molecule has 0 bridgehead atoms. The molecule has 0 heterocycles. The molecule has 1 aromatic rings. The highest BCUT2D eigenvalue weighted by Gasteiger charge is 2.22. The second-order valence-corrected chi connectivity index (χ2v) is 6.33. The van der Waals surface area contributed by atoms with Crippen LogP contribution in [0.4, 0.5) is 0 Å². The SMILES string of the molecule is C#CCC(C)NS(=O)(=O)c1cc(C(=O)O)cc(C)c1C. The molecule has 0 aromatic heterocycles. The van der Waals surface area contributed by atoms with E-state index in [4.69, 9.17) is 11.5 Å². The summed E-state index contributed by atoms with van der Waals surface area (Å²) in [6, 6.07) is 2.19. The monoisotopic (exact) mass is 295 g/mol. The molecule has 1 aromatic carbocycles. The number of benzene rings is 1. The molecule has 1 atom stereocenters. The van der Waals surface area contributed by atoms with Crippen LogP contribution in [0.25, 0.3) is 0 Å². The molecule has 0 saturated carbocycles. The van der Waals surface area contributed by atoms with Crippen molar-refractivity contribution in [3.63, 3.8) is 0 Å². The zero-order valence-corrected chi connectivity index (χ0v) is 12.4. The Morgan fingerprint density at radius 2 is 2.05 bits per heavy atom. The quantitative estimate of drug-likeness (QED) is 0.810. The van der Waals surface area contributed by atoms with E-state index in [-0.39, 0.29) is 16.9 Å². The molecule has 20 heavy (non-hydrogen) atoms. The number of terminal acetylenes is 1. The van der Waals surface area contributed by atoms with Gasteiger partial charge in [0.05, 0.1) is 10.5 Å². The van der Waals surface area contributed by atoms with Crippen LogP contribution in [0.2, 0.25) is 0 Å². The number of aryl methyl sites for hydroxylation is 1. The minimum Gasteiger partial charge on any atom is -0.478 e. The Hall–Kier alpha value is -1.84. The summed E-state index contributed by atoms with van der Waals surface area (Å²) in [6.07, 6.45) is 5.40. The first-order chi connectivity index (χ1) is 9.19. The molecule has 0 fully saturated rings. The number of rotatable bonds is 5. The van der Waals surface area contributed by atoms with Crippen molar-refractivity contribution in [2.75, 3.05) is 0 Å². The normalized spacial score (nSPS) is 12.7. The Bertz CT molecular complexity index is 671. The maximum Gasteiger partial charge on any atom is 0.335 e. The lowest BCUT2D eigenvalue weighted by molar-refractivity contribution is 0.0696. The lowest BCUT2D eigenvalue weighted by atomic mass is 10.1. The number of hydrogen-bond donors (Lipinski definition) is 2. The second-order valence-electron chi connectivity index (χ2n) is 4.65. The lowest BCUT2D eigenvalue weighted by Gasteiger charge is -2.15. The van der Waals surface area contributed by atoms with Crippen molar-refractivity contribution in [3.8, 4) is 12.3 Å². The maximum absolute atomic E-state index is 12.3. The molecule has 5 nitrogen and oxygen atoms in total. The average molecular weight is 295 g/mol. The van der Waals surface area contributed by atoms with Gasteiger partial charge in [-0.3, -0.25) is 0 Å². The van der Waals surface area contributed by atoms with E-state index in [0.29, 0.717) is 11.1 Å². The highest BCUT2D eigenvalue weighted by atomic mass is 32.2. The molecule has 0 aliphatic rings. The van der Waals surface area contributed by atoms with E-state index < -0.39 is 22.0 Å². The fourth-order valence-corrected chi connectivity index (χ4v) is 3.36. The first-order valence-electron chi connectivity index (χ1n) is 5.99. The zero-order valence-electron chi connectivity index (χ0n) is 11.6. The van der Waals surface area contributed by atoms with Gasteiger partial charge in [0.25, 0.3) is 0 Å². The van der Waals surface area contributed by atoms with E-state index in [1.165, 1.54) is 6.07 Å². The van der Waals surface area contributed by atoms with Crippen LogP contribution in [0, 0.1) is 26.2 Å². The molecular weight excluding hydrogens is 278 g/mol. The fourth-order valence-electron chi connectivity index (χ4n) is 1.78. The molecule has 0 spiro atoms. The number of carboxylic acid groups (broad SMARTS) is 1. The topological polar surface area (TPSA) is 83.5 Å². The molecule has 0 aliphatic carbocycles. The molecule has 0 amide bonds. The van der Waals surface area contributed by atoms with Gasteiger partial charge in [-0.25, -0.2) is 17.9 Å². The largest absolute Gasteiger partial charge is 0.478 e. The van der Waals surface area contributed by atoms with Gasteiger partial charge in [-0.05, 0) is 44.0 Å². The Balaban J connectivity index is 3.31. The third kappa shape index (κ3) is 3.59. The number of carboxylic acids is 1. The summed E-state index contributed by atoms with van der Waals surface area (Å²) < 4.78 is 27.0. The number of nitrogens with one attached hydrogen (secondary N) is 1. The van der Waals surface area contributed by atoms with Crippen LogP contribution in [-0.2, 0) is 10.0 Å². The Labute approximate surface area is 119 Å². The summed E-state index contributed by atoms with van der Waals surface area (Å²) in [5.41, 5.74) is 1.07. The van der Waals surface area contributed by atoms with Gasteiger partial charge in [0.15, 0.2) is 0 Å². The summed E-state index contributed by atoms with van der Waals surface area (Å²) >= 11 is 0. The number of aromatic carboxylic acids is 1. The lowest BCUT2D eigenvalue weighted by Crippen LogP contribution is -2.33. The number of carbonyl (C=O) groups is 1. The summed E-state index contributed by atoms with van der Waals surface area (Å²) in [7, 11) is -3.80. The van der Waals surface area contributed by atoms with Gasteiger partial charge in [0.2, 0.25) is 10.0 Å². The van der Waals surface area contributed by atoms with Crippen LogP contribution in [0.1, 0.15) is 34.8 Å². The smallest absolute Gasteiger partial charge is 0.335 e. The van der Waals surface area contributed by atoms with Crippen LogP contribution in [-0.4, -0.2) is 25.5 Å². The van der Waals surface area contributed by atoms with Crippen LogP contribution in [0.3, 0.4) is 0 Å². The van der Waals surface area contributed by atoms with E-state index in [2.05, 4.69) is 10.6 Å². The fraction of sp³-hybridized carbons (Fsp3) is 0.357. The molecule has 0 saturated heterocycles. The van der Waals surface area contributed by atoms with Crippen molar-refractivity contribution in [1.82, 2.24) is 4.72 Å². The molecule has 6 heteroatoms. The molecule has 108 valence electrons. The van der Waals surface area contributed by atoms with Crippen molar-refractivity contribution in [3.05, 3.63) is 28.8 Å². The predicted molar refractivity (Wildman–Crippen MR) is 76.1 cm³/mol. The van der Waals surface area contributed by atoms with Crippen molar-refractivity contribution >= 4 is 16.0 Å². The highest BCUT2D eigenvalue weighted by Crippen LogP contribution is 2.21. The number of hydrogen-bond acceptors (Lipinski definition) is 3. The molecular formula is C14H17NO4S. The van der Waals surface area contributed by atoms with Crippen molar-refractivity contribution in [2.24, 2.45) is 0 Å². The first-order valence-corrected chi connectivity index (χ1v) is 7.47. The Morgan fingerprint density at radius 3 is 2.55 bits per heavy atom. The van der Waals surface area contributed by atoms with Crippen molar-refractivity contribution < 1.29 is 18.3 Å². The molecule has 2 N–H and O–H groups in total. The van der Waals surface area contributed by atoms with E-state index in [0.717, 1.165) is 6.07 Å². The van der Waals surface area contributed by atoms with E-state index in [9.17, 15) is 13.2 Å². The standard InChI is InChI=1S/C14H17NO4S/c1-5-6-10(3)15-20(18,19)13-8-12(14(16)17)7-9(2)11(13)4/h1,7-8,10,15H,6H2,2-4H3,(H,16,17). The molecule has 1 rings (SSSR count). The molecule has 1 unspecified atom stereocenters. The summed E-state index contributed by atoms with van der Waals surface area (Å²) in [5.74, 6) is 1.21. The van der Waals surface area contributed by atoms with E-state index in [1.807, 2.05) is 0 Å². The number of sulfonamides is 1. The Kier molecular flexibility index (Phi) is 4.93. The minimum atomic E-state index is -3.80. The van der Waals surface area contributed by atoms with Crippen LogP contribution < -0.4 is 4.72 Å². The van der Waals surface area contributed by atoms with Gasteiger partial charge in [-0.1, -0.05) is 0 Å². The average Bonchev–Trinajstić information content (AvgIpc) is 2.31. The summed E-state index contributed by atoms with van der Waals surface area (Å²) in [5, 5.41) is 9.01. The molecule has 0 aliphatic heterocycles. The minimum absolute atomic E-state index is 0.0289. The van der Waals surface area contributed by atoms with Gasteiger partial charge < -0.3 is 5.11 Å². The van der Waals surface area contributed by atoms with Crippen molar-refractivity contribution in [2.45, 2.75) is 38.1 Å². The van der Waals surface area contributed by atoms with Gasteiger partial charge in [0, 0.05) is 12.5 Å². The summed E-state index contributed by atoms with van der Waals surface area (Å²) in [6.45, 7) is 4.97. The van der Waals surface area contributed by atoms with Crippen LogP contribution in [0.15, 0.2) is 17.0 Å². The third-order valence-corrected chi connectivity index (χ3v) is 4.65. The van der Waals surface area contributed by atoms with Gasteiger partial charge in [-0.15, -0.1) is 12.3 Å².